The van der Waals surface area contributed by atoms with Gasteiger partial charge in [0.25, 0.3) is 5.91 Å². The maximum atomic E-state index is 13.8. The van der Waals surface area contributed by atoms with Crippen molar-refractivity contribution in [1.82, 2.24) is 10.2 Å². The Hall–Kier alpha value is -3.84. The number of hydrogen-bond donors (Lipinski definition) is 2. The standard InChI is InChI=1S/C26H24ClN3O4/c1-16-4-8-18(9-5-16)26(19-10-6-17(2)7-11-19)24(32)30(25(33)29-26)15-23(31)28-21-14-20(27)12-13-22(21)34-3/h4-14H,15H2,1-3H3,(H,28,31)(H,29,33). The van der Waals surface area contributed by atoms with Crippen molar-refractivity contribution in [2.24, 2.45) is 0 Å². The second kappa shape index (κ2) is 9.19. The van der Waals surface area contributed by atoms with Crippen molar-refractivity contribution in [2.45, 2.75) is 19.4 Å². The summed E-state index contributed by atoms with van der Waals surface area (Å²) in [6, 6.07) is 18.9. The van der Waals surface area contributed by atoms with Gasteiger partial charge in [-0.25, -0.2) is 4.79 Å². The third-order valence-corrected chi connectivity index (χ3v) is 6.05. The van der Waals surface area contributed by atoms with E-state index in [1.54, 1.807) is 12.1 Å². The van der Waals surface area contributed by atoms with Crippen LogP contribution in [0, 0.1) is 13.8 Å². The number of carbonyl (C=O) groups is 3. The van der Waals surface area contributed by atoms with Gasteiger partial charge in [-0.15, -0.1) is 0 Å². The molecule has 1 aliphatic rings. The molecule has 4 amide bonds. The zero-order valence-corrected chi connectivity index (χ0v) is 19.8. The molecule has 0 aliphatic carbocycles. The Morgan fingerprint density at radius 3 is 2.06 bits per heavy atom. The predicted molar refractivity (Wildman–Crippen MR) is 130 cm³/mol. The van der Waals surface area contributed by atoms with Crippen molar-refractivity contribution in [2.75, 3.05) is 19.0 Å². The summed E-state index contributed by atoms with van der Waals surface area (Å²) in [7, 11) is 1.47. The normalized spacial score (nSPS) is 14.6. The van der Waals surface area contributed by atoms with Crippen molar-refractivity contribution in [3.63, 3.8) is 0 Å². The molecule has 1 heterocycles. The lowest BCUT2D eigenvalue weighted by Gasteiger charge is -2.28. The first-order valence-electron chi connectivity index (χ1n) is 10.7. The summed E-state index contributed by atoms with van der Waals surface area (Å²) in [6.07, 6.45) is 0. The third-order valence-electron chi connectivity index (χ3n) is 5.81. The number of ether oxygens (including phenoxy) is 1. The number of rotatable bonds is 6. The molecular weight excluding hydrogens is 454 g/mol. The number of halogens is 1. The fraction of sp³-hybridized carbons (Fsp3) is 0.192. The average molecular weight is 478 g/mol. The van der Waals surface area contributed by atoms with Crippen LogP contribution in [0.5, 0.6) is 5.75 Å². The number of nitrogens with one attached hydrogen (secondary N) is 2. The molecule has 34 heavy (non-hydrogen) atoms. The molecule has 3 aromatic rings. The van der Waals surface area contributed by atoms with E-state index in [4.69, 9.17) is 16.3 Å². The number of benzene rings is 3. The molecule has 0 aromatic heterocycles. The molecule has 0 spiro atoms. The Morgan fingerprint density at radius 2 is 1.53 bits per heavy atom. The van der Waals surface area contributed by atoms with E-state index in [0.717, 1.165) is 16.0 Å². The highest BCUT2D eigenvalue weighted by atomic mass is 35.5. The number of urea groups is 1. The molecule has 1 saturated heterocycles. The topological polar surface area (TPSA) is 87.7 Å². The second-order valence-corrected chi connectivity index (χ2v) is 8.63. The van der Waals surface area contributed by atoms with E-state index in [1.165, 1.54) is 13.2 Å². The number of hydrogen-bond acceptors (Lipinski definition) is 4. The van der Waals surface area contributed by atoms with Gasteiger partial charge in [-0.1, -0.05) is 71.3 Å². The Bertz CT molecular complexity index is 1210. The van der Waals surface area contributed by atoms with E-state index in [-0.39, 0.29) is 0 Å². The Morgan fingerprint density at radius 1 is 0.971 bits per heavy atom. The summed E-state index contributed by atoms with van der Waals surface area (Å²) in [5, 5.41) is 5.93. The first kappa shape index (κ1) is 23.3. The summed E-state index contributed by atoms with van der Waals surface area (Å²) >= 11 is 6.03. The fourth-order valence-electron chi connectivity index (χ4n) is 4.00. The monoisotopic (exact) mass is 477 g/mol. The summed E-state index contributed by atoms with van der Waals surface area (Å²) in [5.41, 5.74) is 2.17. The molecule has 0 unspecified atom stereocenters. The van der Waals surface area contributed by atoms with Gasteiger partial charge in [0.1, 0.15) is 12.3 Å². The molecule has 174 valence electrons. The van der Waals surface area contributed by atoms with Gasteiger partial charge in [0, 0.05) is 5.02 Å². The van der Waals surface area contributed by atoms with Crippen LogP contribution in [0.2, 0.25) is 5.02 Å². The van der Waals surface area contributed by atoms with Gasteiger partial charge < -0.3 is 15.4 Å². The molecule has 0 saturated carbocycles. The molecular formula is C26H24ClN3O4. The van der Waals surface area contributed by atoms with E-state index < -0.39 is 29.9 Å². The van der Waals surface area contributed by atoms with Gasteiger partial charge in [0.05, 0.1) is 12.8 Å². The molecule has 0 radical (unpaired) electrons. The van der Waals surface area contributed by atoms with Crippen LogP contribution in [0.1, 0.15) is 22.3 Å². The van der Waals surface area contributed by atoms with E-state index in [2.05, 4.69) is 10.6 Å². The van der Waals surface area contributed by atoms with Crippen LogP contribution in [0.4, 0.5) is 10.5 Å². The molecule has 1 fully saturated rings. The summed E-state index contributed by atoms with van der Waals surface area (Å²) in [5.74, 6) is -0.685. The summed E-state index contributed by atoms with van der Waals surface area (Å²) < 4.78 is 5.25. The van der Waals surface area contributed by atoms with Crippen LogP contribution in [0.25, 0.3) is 0 Å². The van der Waals surface area contributed by atoms with Crippen molar-refractivity contribution in [3.05, 3.63) is 94.0 Å². The SMILES string of the molecule is COc1ccc(Cl)cc1NC(=O)CN1C(=O)NC(c2ccc(C)cc2)(c2ccc(C)cc2)C1=O. The highest BCUT2D eigenvalue weighted by molar-refractivity contribution is 6.31. The van der Waals surface area contributed by atoms with Crippen LogP contribution < -0.4 is 15.4 Å². The van der Waals surface area contributed by atoms with E-state index in [0.29, 0.717) is 27.6 Å². The van der Waals surface area contributed by atoms with Gasteiger partial charge in [-0.2, -0.15) is 0 Å². The van der Waals surface area contributed by atoms with E-state index >= 15 is 0 Å². The minimum Gasteiger partial charge on any atom is -0.495 e. The molecule has 4 rings (SSSR count). The molecule has 2 N–H and O–H groups in total. The number of methoxy groups -OCH3 is 1. The Kier molecular flexibility index (Phi) is 6.30. The van der Waals surface area contributed by atoms with Crippen LogP contribution in [0.15, 0.2) is 66.7 Å². The smallest absolute Gasteiger partial charge is 0.326 e. The van der Waals surface area contributed by atoms with Gasteiger partial charge in [-0.05, 0) is 43.2 Å². The number of nitrogens with zero attached hydrogens (tertiary/aromatic N) is 1. The third kappa shape index (κ3) is 4.22. The maximum absolute atomic E-state index is 13.8. The molecule has 8 heteroatoms. The number of anilines is 1. The molecule has 0 bridgehead atoms. The lowest BCUT2D eigenvalue weighted by atomic mass is 9.82. The summed E-state index contributed by atoms with van der Waals surface area (Å²) in [4.78, 5) is 40.6. The Labute approximate surface area is 202 Å². The van der Waals surface area contributed by atoms with Crippen molar-refractivity contribution in [1.29, 1.82) is 0 Å². The molecule has 3 aromatic carbocycles. The van der Waals surface area contributed by atoms with Gasteiger partial charge in [0.2, 0.25) is 5.91 Å². The lowest BCUT2D eigenvalue weighted by Crippen LogP contribution is -2.45. The lowest BCUT2D eigenvalue weighted by molar-refractivity contribution is -0.133. The van der Waals surface area contributed by atoms with Crippen LogP contribution >= 0.6 is 11.6 Å². The largest absolute Gasteiger partial charge is 0.495 e. The fourth-order valence-corrected chi connectivity index (χ4v) is 4.17. The first-order chi connectivity index (χ1) is 16.2. The highest BCUT2D eigenvalue weighted by Gasteiger charge is 2.54. The number of amides is 4. The van der Waals surface area contributed by atoms with E-state index in [9.17, 15) is 14.4 Å². The maximum Gasteiger partial charge on any atom is 0.326 e. The quantitative estimate of drug-likeness (QED) is 0.515. The van der Waals surface area contributed by atoms with Crippen molar-refractivity contribution < 1.29 is 19.1 Å². The number of aryl methyl sites for hydroxylation is 2. The molecule has 1 aliphatic heterocycles. The zero-order chi connectivity index (χ0) is 24.5. The van der Waals surface area contributed by atoms with Crippen LogP contribution in [0.3, 0.4) is 0 Å². The van der Waals surface area contributed by atoms with Crippen LogP contribution in [-0.4, -0.2) is 36.4 Å². The van der Waals surface area contributed by atoms with Gasteiger partial charge in [-0.3, -0.25) is 14.5 Å². The molecule has 0 atom stereocenters. The minimum absolute atomic E-state index is 0.343. The van der Waals surface area contributed by atoms with Crippen molar-refractivity contribution in [3.8, 4) is 5.75 Å². The summed E-state index contributed by atoms with van der Waals surface area (Å²) in [6.45, 7) is 3.41. The first-order valence-corrected chi connectivity index (χ1v) is 11.0. The highest BCUT2D eigenvalue weighted by Crippen LogP contribution is 2.36. The Balaban J connectivity index is 1.67. The second-order valence-electron chi connectivity index (χ2n) is 8.20. The minimum atomic E-state index is -1.44. The predicted octanol–water partition coefficient (Wildman–Crippen LogP) is 4.40. The molecule has 7 nitrogen and oxygen atoms in total. The van der Waals surface area contributed by atoms with Crippen LogP contribution in [-0.2, 0) is 15.1 Å². The van der Waals surface area contributed by atoms with Gasteiger partial charge >= 0.3 is 6.03 Å². The van der Waals surface area contributed by atoms with Gasteiger partial charge in [0.15, 0.2) is 5.54 Å². The van der Waals surface area contributed by atoms with E-state index in [1.807, 2.05) is 62.4 Å². The number of imide groups is 1. The van der Waals surface area contributed by atoms with Crippen molar-refractivity contribution >= 4 is 35.1 Å². The zero-order valence-electron chi connectivity index (χ0n) is 19.0. The average Bonchev–Trinajstić information content (AvgIpc) is 3.06. The number of carbonyl (C=O) groups excluding carboxylic acids is 3.